The van der Waals surface area contributed by atoms with Crippen LogP contribution in [0, 0.1) is 0 Å². The van der Waals surface area contributed by atoms with E-state index in [4.69, 9.17) is 0 Å². The number of amides is 1. The van der Waals surface area contributed by atoms with Crippen LogP contribution in [0.5, 0.6) is 0 Å². The van der Waals surface area contributed by atoms with E-state index in [0.717, 1.165) is 17.7 Å². The van der Waals surface area contributed by atoms with Gasteiger partial charge in [0.05, 0.1) is 5.69 Å². The number of carbonyl (C=O) groups excluding carboxylic acids is 1. The van der Waals surface area contributed by atoms with Gasteiger partial charge in [0.25, 0.3) is 5.91 Å². The van der Waals surface area contributed by atoms with Gasteiger partial charge in [-0.1, -0.05) is 66.7 Å². The van der Waals surface area contributed by atoms with Crippen LogP contribution in [-0.4, -0.2) is 34.1 Å². The highest BCUT2D eigenvalue weighted by Gasteiger charge is 2.17. The molecule has 126 valence electrons. The molecule has 0 radical (unpaired) electrons. The van der Waals surface area contributed by atoms with Gasteiger partial charge in [0.15, 0.2) is 0 Å². The topological polar surface area (TPSA) is 49.0 Å². The maximum absolute atomic E-state index is 12.8. The number of rotatable bonds is 7. The smallest absolute Gasteiger partial charge is 0.272 e. The third-order valence-corrected chi connectivity index (χ3v) is 4.03. The number of hydrogen-bond donors (Lipinski definition) is 1. The summed E-state index contributed by atoms with van der Waals surface area (Å²) in [5, 5.41) is 7.14. The molecule has 0 bridgehead atoms. The normalized spacial score (nSPS) is 10.4. The predicted octanol–water partition coefficient (Wildman–Crippen LogP) is 3.95. The number of H-pyrrole nitrogens is 1. The second-order valence-electron chi connectivity index (χ2n) is 5.81. The van der Waals surface area contributed by atoms with E-state index in [1.54, 1.807) is 17.0 Å². The van der Waals surface area contributed by atoms with Crippen molar-refractivity contribution in [1.29, 1.82) is 0 Å². The van der Waals surface area contributed by atoms with Gasteiger partial charge < -0.3 is 4.90 Å². The largest absolute Gasteiger partial charge is 0.333 e. The third kappa shape index (κ3) is 4.23. The molecule has 3 aromatic rings. The van der Waals surface area contributed by atoms with Gasteiger partial charge in [-0.25, -0.2) is 0 Å². The molecule has 1 N–H and O–H groups in total. The first kappa shape index (κ1) is 16.7. The lowest BCUT2D eigenvalue weighted by molar-refractivity contribution is 0.0770. The molecule has 0 spiro atoms. The van der Waals surface area contributed by atoms with Crippen molar-refractivity contribution in [2.24, 2.45) is 0 Å². The molecule has 0 fully saturated rings. The van der Waals surface area contributed by atoms with E-state index in [1.165, 1.54) is 5.56 Å². The van der Waals surface area contributed by atoms with Gasteiger partial charge in [-0.15, -0.1) is 6.58 Å². The van der Waals surface area contributed by atoms with Gasteiger partial charge >= 0.3 is 0 Å². The van der Waals surface area contributed by atoms with E-state index < -0.39 is 0 Å². The fourth-order valence-electron chi connectivity index (χ4n) is 2.70. The number of hydrogen-bond acceptors (Lipinski definition) is 2. The zero-order valence-electron chi connectivity index (χ0n) is 14.1. The minimum atomic E-state index is -0.0643. The number of nitrogens with one attached hydrogen (secondary N) is 1. The minimum absolute atomic E-state index is 0.0643. The molecule has 3 rings (SSSR count). The van der Waals surface area contributed by atoms with E-state index >= 15 is 0 Å². The first-order valence-corrected chi connectivity index (χ1v) is 8.33. The van der Waals surface area contributed by atoms with Crippen molar-refractivity contribution in [2.45, 2.75) is 6.42 Å². The van der Waals surface area contributed by atoms with Gasteiger partial charge in [0.2, 0.25) is 0 Å². The highest BCUT2D eigenvalue weighted by molar-refractivity contribution is 5.93. The van der Waals surface area contributed by atoms with E-state index in [-0.39, 0.29) is 5.91 Å². The zero-order chi connectivity index (χ0) is 17.5. The molecule has 4 heteroatoms. The standard InChI is InChI=1S/C21H21N3O/c1-2-14-24(15-13-17-9-5-3-6-10-17)21(25)20-16-19(22-23-20)18-11-7-4-8-12-18/h2-12,16H,1,13-15H2,(H,22,23). The molecule has 0 unspecified atom stereocenters. The quantitative estimate of drug-likeness (QED) is 0.667. The molecule has 0 saturated heterocycles. The summed E-state index contributed by atoms with van der Waals surface area (Å²) in [6.07, 6.45) is 2.55. The van der Waals surface area contributed by atoms with E-state index in [0.29, 0.717) is 18.8 Å². The lowest BCUT2D eigenvalue weighted by atomic mass is 10.1. The second kappa shape index (κ2) is 8.11. The van der Waals surface area contributed by atoms with Crippen molar-refractivity contribution in [3.05, 3.63) is 90.6 Å². The molecule has 2 aromatic carbocycles. The summed E-state index contributed by atoms with van der Waals surface area (Å²) in [6, 6.07) is 21.8. The highest BCUT2D eigenvalue weighted by atomic mass is 16.2. The van der Waals surface area contributed by atoms with Crippen LogP contribution in [0.3, 0.4) is 0 Å². The maximum Gasteiger partial charge on any atom is 0.272 e. The Labute approximate surface area is 147 Å². The Hall–Kier alpha value is -3.14. The summed E-state index contributed by atoms with van der Waals surface area (Å²) in [6.45, 7) is 4.90. The third-order valence-electron chi connectivity index (χ3n) is 4.03. The summed E-state index contributed by atoms with van der Waals surface area (Å²) in [4.78, 5) is 14.6. The number of aromatic amines is 1. The maximum atomic E-state index is 12.8. The molecule has 25 heavy (non-hydrogen) atoms. The van der Waals surface area contributed by atoms with Gasteiger partial charge in [0.1, 0.15) is 5.69 Å². The second-order valence-corrected chi connectivity index (χ2v) is 5.81. The molecule has 0 aliphatic rings. The monoisotopic (exact) mass is 331 g/mol. The van der Waals surface area contributed by atoms with Gasteiger partial charge in [-0.2, -0.15) is 5.10 Å². The SMILES string of the molecule is C=CCN(CCc1ccccc1)C(=O)c1cc(-c2ccccc2)n[nH]1. The van der Waals surface area contributed by atoms with Crippen molar-refractivity contribution >= 4 is 5.91 Å². The Morgan fingerprint density at radius 3 is 2.44 bits per heavy atom. The van der Waals surface area contributed by atoms with Crippen molar-refractivity contribution in [1.82, 2.24) is 15.1 Å². The molecular weight excluding hydrogens is 310 g/mol. The lowest BCUT2D eigenvalue weighted by Crippen LogP contribution is -2.33. The first-order chi connectivity index (χ1) is 12.3. The average molecular weight is 331 g/mol. The Kier molecular flexibility index (Phi) is 5.42. The van der Waals surface area contributed by atoms with Crippen molar-refractivity contribution in [3.63, 3.8) is 0 Å². The number of benzene rings is 2. The van der Waals surface area contributed by atoms with Crippen LogP contribution in [0.4, 0.5) is 0 Å². The highest BCUT2D eigenvalue weighted by Crippen LogP contribution is 2.18. The Balaban J connectivity index is 1.72. The van der Waals surface area contributed by atoms with Gasteiger partial charge in [0, 0.05) is 18.7 Å². The van der Waals surface area contributed by atoms with Crippen molar-refractivity contribution < 1.29 is 4.79 Å². The fraction of sp³-hybridized carbons (Fsp3) is 0.143. The van der Waals surface area contributed by atoms with Crippen LogP contribution in [0.25, 0.3) is 11.3 Å². The first-order valence-electron chi connectivity index (χ1n) is 8.33. The van der Waals surface area contributed by atoms with Crippen LogP contribution in [0.2, 0.25) is 0 Å². The average Bonchev–Trinajstić information content (AvgIpc) is 3.16. The molecule has 1 heterocycles. The number of aromatic nitrogens is 2. The Morgan fingerprint density at radius 2 is 1.76 bits per heavy atom. The summed E-state index contributed by atoms with van der Waals surface area (Å²) in [7, 11) is 0. The van der Waals surface area contributed by atoms with Gasteiger partial charge in [-0.3, -0.25) is 9.89 Å². The predicted molar refractivity (Wildman–Crippen MR) is 100 cm³/mol. The van der Waals surface area contributed by atoms with E-state index in [9.17, 15) is 4.79 Å². The molecule has 1 amide bonds. The Morgan fingerprint density at radius 1 is 1.08 bits per heavy atom. The molecular formula is C21H21N3O. The molecule has 1 aromatic heterocycles. The molecule has 0 aliphatic carbocycles. The number of nitrogens with zero attached hydrogens (tertiary/aromatic N) is 2. The molecule has 0 aliphatic heterocycles. The van der Waals surface area contributed by atoms with Crippen LogP contribution in [0.15, 0.2) is 79.4 Å². The number of carbonyl (C=O) groups is 1. The zero-order valence-corrected chi connectivity index (χ0v) is 14.1. The summed E-state index contributed by atoms with van der Waals surface area (Å²) >= 11 is 0. The van der Waals surface area contributed by atoms with Crippen molar-refractivity contribution in [2.75, 3.05) is 13.1 Å². The summed E-state index contributed by atoms with van der Waals surface area (Å²) in [5.74, 6) is -0.0643. The summed E-state index contributed by atoms with van der Waals surface area (Å²) < 4.78 is 0. The fourth-order valence-corrected chi connectivity index (χ4v) is 2.70. The summed E-state index contributed by atoms with van der Waals surface area (Å²) in [5.41, 5.74) is 3.45. The van der Waals surface area contributed by atoms with Crippen LogP contribution >= 0.6 is 0 Å². The lowest BCUT2D eigenvalue weighted by Gasteiger charge is -2.20. The van der Waals surface area contributed by atoms with Crippen LogP contribution in [-0.2, 0) is 6.42 Å². The molecule has 4 nitrogen and oxygen atoms in total. The van der Waals surface area contributed by atoms with Crippen LogP contribution in [0.1, 0.15) is 16.1 Å². The minimum Gasteiger partial charge on any atom is -0.333 e. The van der Waals surface area contributed by atoms with E-state index in [2.05, 4.69) is 28.9 Å². The van der Waals surface area contributed by atoms with Crippen molar-refractivity contribution in [3.8, 4) is 11.3 Å². The Bertz CT molecular complexity index is 825. The van der Waals surface area contributed by atoms with E-state index in [1.807, 2.05) is 48.5 Å². The molecule has 0 atom stereocenters. The van der Waals surface area contributed by atoms with Gasteiger partial charge in [-0.05, 0) is 18.1 Å². The molecule has 0 saturated carbocycles. The van der Waals surface area contributed by atoms with Crippen LogP contribution < -0.4 is 0 Å².